The van der Waals surface area contributed by atoms with E-state index in [-0.39, 0.29) is 17.7 Å². The highest BCUT2D eigenvalue weighted by molar-refractivity contribution is 6.42. The number of hydrogen-bond donors (Lipinski definition) is 1. The van der Waals surface area contributed by atoms with Gasteiger partial charge in [0.25, 0.3) is 5.91 Å². The van der Waals surface area contributed by atoms with Crippen molar-refractivity contribution in [1.82, 2.24) is 4.90 Å². The van der Waals surface area contributed by atoms with Crippen LogP contribution in [0.4, 0.5) is 0 Å². The number of amides is 1. The molecule has 4 nitrogen and oxygen atoms in total. The van der Waals surface area contributed by atoms with E-state index in [0.717, 1.165) is 12.8 Å². The fraction of sp³-hybridized carbons (Fsp3) is 0.263. The first-order valence-electron chi connectivity index (χ1n) is 8.11. The average molecular weight is 377 g/mol. The summed E-state index contributed by atoms with van der Waals surface area (Å²) in [6, 6.07) is 11.7. The van der Waals surface area contributed by atoms with Gasteiger partial charge in [0.15, 0.2) is 5.78 Å². The lowest BCUT2D eigenvalue weighted by atomic mass is 9.96. The van der Waals surface area contributed by atoms with Gasteiger partial charge in [0, 0.05) is 30.3 Å². The van der Waals surface area contributed by atoms with E-state index in [2.05, 4.69) is 0 Å². The number of rotatable bonds is 3. The molecular formula is C19H18Cl2N2O2. The summed E-state index contributed by atoms with van der Waals surface area (Å²) in [7, 11) is 0. The zero-order valence-corrected chi connectivity index (χ0v) is 15.1. The maximum atomic E-state index is 12.9. The number of piperidine rings is 1. The molecule has 2 N–H and O–H groups in total. The van der Waals surface area contributed by atoms with Crippen molar-refractivity contribution in [2.24, 2.45) is 5.73 Å². The predicted octanol–water partition coefficient (Wildman–Crippen LogP) is 3.79. The highest BCUT2D eigenvalue weighted by atomic mass is 35.5. The SMILES string of the molecule is NC1CCN(C(=O)c2ccccc2C(=O)c2ccc(Cl)c(Cl)c2)CC1. The monoisotopic (exact) mass is 376 g/mol. The van der Waals surface area contributed by atoms with Crippen LogP contribution in [0.25, 0.3) is 0 Å². The predicted molar refractivity (Wildman–Crippen MR) is 99.4 cm³/mol. The highest BCUT2D eigenvalue weighted by Crippen LogP contribution is 2.25. The molecule has 1 heterocycles. The molecular weight excluding hydrogens is 359 g/mol. The van der Waals surface area contributed by atoms with Gasteiger partial charge in [-0.2, -0.15) is 0 Å². The second-order valence-electron chi connectivity index (χ2n) is 6.13. The number of likely N-dealkylation sites (tertiary alicyclic amines) is 1. The minimum atomic E-state index is -0.253. The van der Waals surface area contributed by atoms with E-state index in [4.69, 9.17) is 28.9 Å². The molecule has 25 heavy (non-hydrogen) atoms. The Morgan fingerprint density at radius 2 is 1.60 bits per heavy atom. The lowest BCUT2D eigenvalue weighted by Crippen LogP contribution is -2.43. The summed E-state index contributed by atoms with van der Waals surface area (Å²) < 4.78 is 0. The lowest BCUT2D eigenvalue weighted by Gasteiger charge is -2.30. The second kappa shape index (κ2) is 7.56. The summed E-state index contributed by atoms with van der Waals surface area (Å²) in [6.07, 6.45) is 1.54. The smallest absolute Gasteiger partial charge is 0.254 e. The molecule has 2 aromatic carbocycles. The van der Waals surface area contributed by atoms with Gasteiger partial charge < -0.3 is 10.6 Å². The molecule has 0 aliphatic carbocycles. The number of carbonyl (C=O) groups is 2. The van der Waals surface area contributed by atoms with Crippen molar-refractivity contribution in [3.63, 3.8) is 0 Å². The number of nitrogens with zero attached hydrogens (tertiary/aromatic N) is 1. The standard InChI is InChI=1S/C19H18Cl2N2O2/c20-16-6-5-12(11-17(16)21)18(24)14-3-1-2-4-15(14)19(25)23-9-7-13(22)8-10-23/h1-6,11,13H,7-10,22H2. The molecule has 1 saturated heterocycles. The summed E-state index contributed by atoms with van der Waals surface area (Å²) >= 11 is 11.9. The van der Waals surface area contributed by atoms with Crippen LogP contribution in [0.5, 0.6) is 0 Å². The van der Waals surface area contributed by atoms with Gasteiger partial charge in [0.1, 0.15) is 0 Å². The van der Waals surface area contributed by atoms with Crippen LogP contribution in [-0.2, 0) is 0 Å². The molecule has 130 valence electrons. The number of carbonyl (C=O) groups excluding carboxylic acids is 2. The summed E-state index contributed by atoms with van der Waals surface area (Å²) in [6.45, 7) is 1.21. The van der Waals surface area contributed by atoms with Crippen molar-refractivity contribution >= 4 is 34.9 Å². The third-order valence-electron chi connectivity index (χ3n) is 4.41. The fourth-order valence-electron chi connectivity index (χ4n) is 2.93. The van der Waals surface area contributed by atoms with Gasteiger partial charge in [-0.25, -0.2) is 0 Å². The van der Waals surface area contributed by atoms with E-state index in [9.17, 15) is 9.59 Å². The molecule has 0 radical (unpaired) electrons. The van der Waals surface area contributed by atoms with Gasteiger partial charge in [0.05, 0.1) is 15.6 Å². The van der Waals surface area contributed by atoms with E-state index in [0.29, 0.717) is 39.8 Å². The molecule has 0 atom stereocenters. The number of hydrogen-bond acceptors (Lipinski definition) is 3. The van der Waals surface area contributed by atoms with Crippen molar-refractivity contribution in [3.05, 3.63) is 69.2 Å². The molecule has 1 aliphatic rings. The molecule has 2 aromatic rings. The molecule has 0 aromatic heterocycles. The van der Waals surface area contributed by atoms with Gasteiger partial charge in [-0.1, -0.05) is 41.4 Å². The van der Waals surface area contributed by atoms with E-state index in [1.54, 1.807) is 41.3 Å². The summed E-state index contributed by atoms with van der Waals surface area (Å²) in [5, 5.41) is 0.688. The van der Waals surface area contributed by atoms with Gasteiger partial charge in [-0.15, -0.1) is 0 Å². The number of halogens is 2. The normalized spacial score (nSPS) is 15.2. The van der Waals surface area contributed by atoms with Gasteiger partial charge in [-0.05, 0) is 37.1 Å². The summed E-state index contributed by atoms with van der Waals surface area (Å²) in [5.74, 6) is -0.396. The van der Waals surface area contributed by atoms with Crippen LogP contribution >= 0.6 is 23.2 Å². The Balaban J connectivity index is 1.91. The zero-order valence-electron chi connectivity index (χ0n) is 13.5. The van der Waals surface area contributed by atoms with Crippen LogP contribution in [0, 0.1) is 0 Å². The third-order valence-corrected chi connectivity index (χ3v) is 5.15. The Morgan fingerprint density at radius 1 is 0.960 bits per heavy atom. The Hall–Kier alpha value is -1.88. The van der Waals surface area contributed by atoms with Gasteiger partial charge in [0.2, 0.25) is 0 Å². The van der Waals surface area contributed by atoms with Crippen molar-refractivity contribution < 1.29 is 9.59 Å². The van der Waals surface area contributed by atoms with Crippen LogP contribution in [0.3, 0.4) is 0 Å². The Bertz CT molecular complexity index is 815. The van der Waals surface area contributed by atoms with E-state index < -0.39 is 0 Å². The zero-order chi connectivity index (χ0) is 18.0. The Kier molecular flexibility index (Phi) is 5.42. The van der Waals surface area contributed by atoms with Crippen molar-refractivity contribution in [2.45, 2.75) is 18.9 Å². The fourth-order valence-corrected chi connectivity index (χ4v) is 3.23. The van der Waals surface area contributed by atoms with Gasteiger partial charge in [-0.3, -0.25) is 9.59 Å². The molecule has 1 aliphatic heterocycles. The number of nitrogens with two attached hydrogens (primary N) is 1. The molecule has 0 unspecified atom stereocenters. The van der Waals surface area contributed by atoms with Crippen LogP contribution in [-0.4, -0.2) is 35.7 Å². The molecule has 1 amide bonds. The van der Waals surface area contributed by atoms with Crippen molar-refractivity contribution in [1.29, 1.82) is 0 Å². The molecule has 3 rings (SSSR count). The van der Waals surface area contributed by atoms with Crippen LogP contribution in [0.15, 0.2) is 42.5 Å². The van der Waals surface area contributed by atoms with E-state index in [1.807, 2.05) is 0 Å². The largest absolute Gasteiger partial charge is 0.339 e. The lowest BCUT2D eigenvalue weighted by molar-refractivity contribution is 0.0711. The highest BCUT2D eigenvalue weighted by Gasteiger charge is 2.25. The van der Waals surface area contributed by atoms with Crippen molar-refractivity contribution in [3.8, 4) is 0 Å². The molecule has 0 bridgehead atoms. The first-order chi connectivity index (χ1) is 12.0. The minimum absolute atomic E-state index is 0.136. The topological polar surface area (TPSA) is 63.4 Å². The number of benzene rings is 2. The van der Waals surface area contributed by atoms with Crippen LogP contribution in [0.2, 0.25) is 10.0 Å². The van der Waals surface area contributed by atoms with E-state index >= 15 is 0 Å². The summed E-state index contributed by atoms with van der Waals surface area (Å²) in [5.41, 5.74) is 7.06. The first-order valence-corrected chi connectivity index (χ1v) is 8.86. The Morgan fingerprint density at radius 3 is 2.24 bits per heavy atom. The van der Waals surface area contributed by atoms with Crippen molar-refractivity contribution in [2.75, 3.05) is 13.1 Å². The molecule has 6 heteroatoms. The minimum Gasteiger partial charge on any atom is -0.339 e. The van der Waals surface area contributed by atoms with Gasteiger partial charge >= 0.3 is 0 Å². The maximum Gasteiger partial charge on any atom is 0.254 e. The first kappa shape index (κ1) is 17.9. The molecule has 1 fully saturated rings. The summed E-state index contributed by atoms with van der Waals surface area (Å²) in [4.78, 5) is 27.5. The van der Waals surface area contributed by atoms with Crippen LogP contribution in [0.1, 0.15) is 39.1 Å². The average Bonchev–Trinajstić information content (AvgIpc) is 2.63. The molecule has 0 saturated carbocycles. The van der Waals surface area contributed by atoms with Crippen LogP contribution < -0.4 is 5.73 Å². The van der Waals surface area contributed by atoms with E-state index in [1.165, 1.54) is 6.07 Å². The quantitative estimate of drug-likeness (QED) is 0.828. The number of ketones is 1. The molecule has 0 spiro atoms. The third kappa shape index (κ3) is 3.87. The second-order valence-corrected chi connectivity index (χ2v) is 6.95. The Labute approximate surface area is 156 Å². The maximum absolute atomic E-state index is 12.9.